The fraction of sp³-hybridized carbons (Fsp3) is 0.0588. The van der Waals surface area contributed by atoms with Gasteiger partial charge >= 0.3 is 5.97 Å². The molecule has 9 heteroatoms. The van der Waals surface area contributed by atoms with Gasteiger partial charge in [0.25, 0.3) is 5.91 Å². The number of carbonyl (C=O) groups is 2. The molecule has 1 aromatic carbocycles. The lowest BCUT2D eigenvalue weighted by atomic mass is 10.2. The number of amides is 1. The average Bonchev–Trinajstić information content (AvgIpc) is 3.32. The predicted molar refractivity (Wildman–Crippen MR) is 90.9 cm³/mol. The number of aromatic amines is 1. The Bertz CT molecular complexity index is 930. The van der Waals surface area contributed by atoms with Crippen LogP contribution >= 0.6 is 0 Å². The molecular formula is C17H14N4O5. The van der Waals surface area contributed by atoms with Crippen molar-refractivity contribution < 1.29 is 23.8 Å². The Balaban J connectivity index is 1.64. The number of nitrogens with zero attached hydrogens (tertiary/aromatic N) is 2. The van der Waals surface area contributed by atoms with Gasteiger partial charge in [-0.15, -0.1) is 0 Å². The maximum atomic E-state index is 12.1. The molecule has 2 heterocycles. The van der Waals surface area contributed by atoms with Crippen molar-refractivity contribution in [3.05, 3.63) is 60.0 Å². The van der Waals surface area contributed by atoms with Crippen molar-refractivity contribution >= 4 is 18.1 Å². The number of aromatic nitrogens is 2. The summed E-state index contributed by atoms with van der Waals surface area (Å²) in [5.74, 6) is -0.701. The third-order valence-electron chi connectivity index (χ3n) is 3.24. The summed E-state index contributed by atoms with van der Waals surface area (Å²) in [6.45, 7) is -0.472. The van der Waals surface area contributed by atoms with E-state index in [1.54, 1.807) is 36.4 Å². The summed E-state index contributed by atoms with van der Waals surface area (Å²) < 4.78 is 10.4. The zero-order chi connectivity index (χ0) is 18.4. The van der Waals surface area contributed by atoms with Gasteiger partial charge in [-0.3, -0.25) is 9.89 Å². The molecule has 2 aromatic heterocycles. The Labute approximate surface area is 147 Å². The summed E-state index contributed by atoms with van der Waals surface area (Å²) >= 11 is 0. The van der Waals surface area contributed by atoms with Crippen molar-refractivity contribution in [3.63, 3.8) is 0 Å². The molecule has 0 aliphatic carbocycles. The average molecular weight is 354 g/mol. The number of rotatable bonds is 7. The number of carboxylic acid groups (broad SMARTS) is 1. The summed E-state index contributed by atoms with van der Waals surface area (Å²) in [6.07, 6.45) is 2.87. The van der Waals surface area contributed by atoms with Gasteiger partial charge in [0.05, 0.1) is 12.5 Å². The highest BCUT2D eigenvalue weighted by atomic mass is 16.5. The second-order valence-electron chi connectivity index (χ2n) is 5.06. The van der Waals surface area contributed by atoms with Crippen LogP contribution in [-0.2, 0) is 4.79 Å². The first-order chi connectivity index (χ1) is 12.6. The van der Waals surface area contributed by atoms with E-state index >= 15 is 0 Å². The first-order valence-corrected chi connectivity index (χ1v) is 7.50. The number of hydrogen-bond donors (Lipinski definition) is 3. The fourth-order valence-electron chi connectivity index (χ4n) is 2.07. The van der Waals surface area contributed by atoms with Crippen LogP contribution in [0.5, 0.6) is 5.75 Å². The molecule has 132 valence electrons. The van der Waals surface area contributed by atoms with Gasteiger partial charge in [-0.2, -0.15) is 10.2 Å². The molecule has 0 aliphatic rings. The molecule has 1 amide bonds. The van der Waals surface area contributed by atoms with Gasteiger partial charge in [-0.05, 0) is 24.3 Å². The van der Waals surface area contributed by atoms with Crippen molar-refractivity contribution in [2.75, 3.05) is 6.61 Å². The van der Waals surface area contributed by atoms with Crippen LogP contribution in [-0.4, -0.2) is 40.0 Å². The Kier molecular flexibility index (Phi) is 5.08. The number of furan rings is 1. The molecule has 26 heavy (non-hydrogen) atoms. The van der Waals surface area contributed by atoms with E-state index in [4.69, 9.17) is 14.3 Å². The van der Waals surface area contributed by atoms with Crippen LogP contribution in [0.15, 0.2) is 58.2 Å². The van der Waals surface area contributed by atoms with Crippen molar-refractivity contribution in [3.8, 4) is 17.2 Å². The summed E-state index contributed by atoms with van der Waals surface area (Å²) in [7, 11) is 0. The molecule has 0 radical (unpaired) electrons. The quantitative estimate of drug-likeness (QED) is 0.439. The summed E-state index contributed by atoms with van der Waals surface area (Å²) in [5.41, 5.74) is 3.57. The largest absolute Gasteiger partial charge is 0.481 e. The second kappa shape index (κ2) is 7.79. The van der Waals surface area contributed by atoms with E-state index in [2.05, 4.69) is 20.7 Å². The van der Waals surface area contributed by atoms with Crippen LogP contribution in [0.25, 0.3) is 11.5 Å². The van der Waals surface area contributed by atoms with Crippen LogP contribution in [0.3, 0.4) is 0 Å². The number of para-hydroxylation sites is 1. The Morgan fingerprint density at radius 1 is 1.31 bits per heavy atom. The molecule has 0 spiro atoms. The van der Waals surface area contributed by atoms with Gasteiger partial charge < -0.3 is 14.3 Å². The van der Waals surface area contributed by atoms with Crippen LogP contribution in [0.2, 0.25) is 0 Å². The number of carbonyl (C=O) groups excluding carboxylic acids is 1. The number of carboxylic acids is 1. The molecule has 0 saturated heterocycles. The highest BCUT2D eigenvalue weighted by Gasteiger charge is 2.12. The van der Waals surface area contributed by atoms with E-state index in [1.165, 1.54) is 18.5 Å². The van der Waals surface area contributed by atoms with Crippen LogP contribution < -0.4 is 10.2 Å². The number of H-pyrrole nitrogens is 1. The smallest absolute Gasteiger partial charge is 0.341 e. The van der Waals surface area contributed by atoms with Gasteiger partial charge in [0.2, 0.25) is 0 Å². The number of benzene rings is 1. The van der Waals surface area contributed by atoms with Crippen LogP contribution in [0.1, 0.15) is 16.1 Å². The normalized spacial score (nSPS) is 10.8. The predicted octanol–water partition coefficient (Wildman–Crippen LogP) is 1.90. The molecule has 9 nitrogen and oxygen atoms in total. The molecule has 3 N–H and O–H groups in total. The minimum atomic E-state index is -1.09. The van der Waals surface area contributed by atoms with Gasteiger partial charge in [0.15, 0.2) is 18.1 Å². The standard InChI is InChI=1S/C17H14N4O5/c22-16(23)10-26-14-5-2-1-4-11(14)9-18-21-17(24)13-8-12(19-20-13)15-6-3-7-25-15/h1-9H,10H2,(H,19,20)(H,21,24)(H,22,23). The van der Waals surface area contributed by atoms with E-state index in [0.29, 0.717) is 22.8 Å². The van der Waals surface area contributed by atoms with Gasteiger partial charge in [0, 0.05) is 11.6 Å². The summed E-state index contributed by atoms with van der Waals surface area (Å²) in [6, 6.07) is 11.7. The van der Waals surface area contributed by atoms with Crippen molar-refractivity contribution in [1.29, 1.82) is 0 Å². The van der Waals surface area contributed by atoms with E-state index in [9.17, 15) is 9.59 Å². The van der Waals surface area contributed by atoms with E-state index in [1.807, 2.05) is 0 Å². The van der Waals surface area contributed by atoms with Gasteiger partial charge in [-0.25, -0.2) is 10.2 Å². The number of nitrogens with one attached hydrogen (secondary N) is 2. The third kappa shape index (κ3) is 4.15. The molecule has 0 saturated carbocycles. The first kappa shape index (κ1) is 17.0. The topological polar surface area (TPSA) is 130 Å². The first-order valence-electron chi connectivity index (χ1n) is 7.50. The zero-order valence-electron chi connectivity index (χ0n) is 13.4. The van der Waals surface area contributed by atoms with Crippen LogP contribution in [0.4, 0.5) is 0 Å². The van der Waals surface area contributed by atoms with Crippen LogP contribution in [0, 0.1) is 0 Å². The van der Waals surface area contributed by atoms with E-state index in [-0.39, 0.29) is 5.69 Å². The Morgan fingerprint density at radius 2 is 2.15 bits per heavy atom. The van der Waals surface area contributed by atoms with Gasteiger partial charge in [-0.1, -0.05) is 12.1 Å². The number of hydrogen-bond acceptors (Lipinski definition) is 6. The molecule has 3 rings (SSSR count). The third-order valence-corrected chi connectivity index (χ3v) is 3.24. The van der Waals surface area contributed by atoms with E-state index < -0.39 is 18.5 Å². The van der Waals surface area contributed by atoms with Crippen molar-refractivity contribution in [1.82, 2.24) is 15.6 Å². The fourth-order valence-corrected chi connectivity index (χ4v) is 2.07. The monoisotopic (exact) mass is 354 g/mol. The number of aliphatic carboxylic acids is 1. The Hall–Kier alpha value is -3.88. The minimum absolute atomic E-state index is 0.143. The molecular weight excluding hydrogens is 340 g/mol. The lowest BCUT2D eigenvalue weighted by Crippen LogP contribution is -2.18. The zero-order valence-corrected chi connectivity index (χ0v) is 13.4. The van der Waals surface area contributed by atoms with Crippen molar-refractivity contribution in [2.24, 2.45) is 5.10 Å². The molecule has 0 atom stereocenters. The van der Waals surface area contributed by atoms with E-state index in [0.717, 1.165) is 0 Å². The number of ether oxygens (including phenoxy) is 1. The highest BCUT2D eigenvalue weighted by molar-refractivity contribution is 5.94. The maximum absolute atomic E-state index is 12.1. The maximum Gasteiger partial charge on any atom is 0.341 e. The molecule has 0 fully saturated rings. The summed E-state index contributed by atoms with van der Waals surface area (Å²) in [5, 5.41) is 19.1. The lowest BCUT2D eigenvalue weighted by Gasteiger charge is -2.05. The summed E-state index contributed by atoms with van der Waals surface area (Å²) in [4.78, 5) is 22.7. The van der Waals surface area contributed by atoms with Crippen molar-refractivity contribution in [2.45, 2.75) is 0 Å². The molecule has 0 unspecified atom stereocenters. The van der Waals surface area contributed by atoms with Gasteiger partial charge in [0.1, 0.15) is 11.4 Å². The molecule has 0 bridgehead atoms. The minimum Gasteiger partial charge on any atom is -0.481 e. The number of hydrazone groups is 1. The second-order valence-corrected chi connectivity index (χ2v) is 5.06. The SMILES string of the molecule is O=C(O)COc1ccccc1C=NNC(=O)c1cc(-c2ccco2)[nH]n1. The lowest BCUT2D eigenvalue weighted by molar-refractivity contribution is -0.139. The molecule has 0 aliphatic heterocycles. The highest BCUT2D eigenvalue weighted by Crippen LogP contribution is 2.18. The molecule has 3 aromatic rings. The Morgan fingerprint density at radius 3 is 2.92 bits per heavy atom.